The number of rotatable bonds is 6. The lowest BCUT2D eigenvalue weighted by atomic mass is 9.91. The maximum Gasteiger partial charge on any atom is 0.423 e. The van der Waals surface area contributed by atoms with Crippen molar-refractivity contribution in [2.75, 3.05) is 14.2 Å². The summed E-state index contributed by atoms with van der Waals surface area (Å²) in [6.45, 7) is -1.03. The van der Waals surface area contributed by atoms with Crippen LogP contribution in [0.5, 0.6) is 5.75 Å². The molecule has 196 valence electrons. The third-order valence-electron chi connectivity index (χ3n) is 6.49. The van der Waals surface area contributed by atoms with Gasteiger partial charge in [-0.1, -0.05) is 12.1 Å². The van der Waals surface area contributed by atoms with Crippen LogP contribution in [0, 0.1) is 5.82 Å². The summed E-state index contributed by atoms with van der Waals surface area (Å²) in [4.78, 5) is 12.5. The first kappa shape index (κ1) is 25.3. The van der Waals surface area contributed by atoms with E-state index < -0.39 is 35.7 Å². The molecule has 0 bridgehead atoms. The Morgan fingerprint density at radius 1 is 1.00 bits per heavy atom. The molecule has 0 aliphatic rings. The van der Waals surface area contributed by atoms with Crippen molar-refractivity contribution >= 4 is 27.8 Å². The minimum atomic E-state index is -5.13. The third kappa shape index (κ3) is 4.04. The van der Waals surface area contributed by atoms with E-state index in [1.54, 1.807) is 12.1 Å². The zero-order valence-electron chi connectivity index (χ0n) is 20.2. The lowest BCUT2D eigenvalue weighted by Crippen LogP contribution is -2.46. The van der Waals surface area contributed by atoms with Gasteiger partial charge in [0.1, 0.15) is 17.3 Å². The Bertz CT molecular complexity index is 1660. The van der Waals surface area contributed by atoms with Gasteiger partial charge in [0.15, 0.2) is 0 Å². The average Bonchev–Trinajstić information content (AvgIpc) is 3.49. The molecule has 0 fully saturated rings. The van der Waals surface area contributed by atoms with Crippen molar-refractivity contribution in [2.24, 2.45) is 0 Å². The summed E-state index contributed by atoms with van der Waals surface area (Å²) in [5, 5.41) is 16.2. The van der Waals surface area contributed by atoms with Gasteiger partial charge in [0.05, 0.1) is 43.7 Å². The Kier molecular flexibility index (Phi) is 6.10. The van der Waals surface area contributed by atoms with Crippen LogP contribution in [0.2, 0.25) is 0 Å². The second-order valence-corrected chi connectivity index (χ2v) is 8.66. The number of methoxy groups -OCH3 is 2. The largest absolute Gasteiger partial charge is 0.496 e. The van der Waals surface area contributed by atoms with Crippen LogP contribution in [0.3, 0.4) is 0 Å². The average molecular weight is 527 g/mol. The number of hydrogen-bond donors (Lipinski definition) is 1. The lowest BCUT2D eigenvalue weighted by molar-refractivity contribution is -0.271. The fraction of sp³-hybridized carbons (Fsp3) is 0.185. The van der Waals surface area contributed by atoms with Crippen LogP contribution in [0.25, 0.3) is 27.5 Å². The van der Waals surface area contributed by atoms with E-state index in [0.29, 0.717) is 27.7 Å². The molecular formula is C27H21F4N3O4. The third-order valence-corrected chi connectivity index (χ3v) is 6.49. The molecule has 11 heteroatoms. The molecule has 3 aromatic carbocycles. The molecule has 0 saturated carbocycles. The lowest BCUT2D eigenvalue weighted by Gasteiger charge is -2.32. The van der Waals surface area contributed by atoms with Crippen molar-refractivity contribution in [1.29, 1.82) is 0 Å². The highest BCUT2D eigenvalue weighted by Gasteiger charge is 2.55. The van der Waals surface area contributed by atoms with Gasteiger partial charge in [-0.05, 0) is 60.2 Å². The fourth-order valence-corrected chi connectivity index (χ4v) is 4.53. The molecule has 0 aliphatic carbocycles. The van der Waals surface area contributed by atoms with Gasteiger partial charge >= 0.3 is 12.1 Å². The quantitative estimate of drug-likeness (QED) is 0.238. The highest BCUT2D eigenvalue weighted by atomic mass is 19.4. The van der Waals surface area contributed by atoms with Gasteiger partial charge in [0.25, 0.3) is 0 Å². The zero-order valence-corrected chi connectivity index (χ0v) is 20.2. The number of fused-ring (bicyclic) bond motifs is 2. The Morgan fingerprint density at radius 2 is 1.74 bits per heavy atom. The van der Waals surface area contributed by atoms with E-state index in [1.165, 1.54) is 66.5 Å². The van der Waals surface area contributed by atoms with E-state index in [-0.39, 0.29) is 11.2 Å². The number of alkyl halides is 3. The highest BCUT2D eigenvalue weighted by Crippen LogP contribution is 2.43. The van der Waals surface area contributed by atoms with Gasteiger partial charge in [-0.2, -0.15) is 18.3 Å². The first-order chi connectivity index (χ1) is 18.1. The molecule has 0 aliphatic heterocycles. The number of nitrogens with zero attached hydrogens (tertiary/aromatic N) is 3. The molecule has 7 nitrogen and oxygen atoms in total. The number of carbonyl (C=O) groups excluding carboxylic acids is 1. The van der Waals surface area contributed by atoms with Gasteiger partial charge in [-0.25, -0.2) is 13.9 Å². The molecule has 2 aromatic heterocycles. The smallest absolute Gasteiger partial charge is 0.423 e. The normalized spacial score (nSPS) is 13.6. The van der Waals surface area contributed by atoms with Gasteiger partial charge in [-0.15, -0.1) is 0 Å². The molecule has 1 unspecified atom stereocenters. The number of aromatic nitrogens is 3. The summed E-state index contributed by atoms with van der Waals surface area (Å²) in [6, 6.07) is 15.3. The van der Waals surface area contributed by atoms with Crippen LogP contribution in [0.15, 0.2) is 72.9 Å². The first-order valence-electron chi connectivity index (χ1n) is 11.4. The van der Waals surface area contributed by atoms with E-state index in [9.17, 15) is 27.5 Å². The number of hydrogen-bond acceptors (Lipinski definition) is 5. The number of benzene rings is 3. The summed E-state index contributed by atoms with van der Waals surface area (Å²) in [5.74, 6) is -0.968. The van der Waals surface area contributed by atoms with E-state index in [0.717, 1.165) is 17.7 Å². The van der Waals surface area contributed by atoms with Crippen LogP contribution in [0.4, 0.5) is 17.6 Å². The Labute approximate surface area is 213 Å². The monoisotopic (exact) mass is 527 g/mol. The van der Waals surface area contributed by atoms with Crippen molar-refractivity contribution in [1.82, 2.24) is 14.3 Å². The fourth-order valence-electron chi connectivity index (χ4n) is 4.53. The van der Waals surface area contributed by atoms with Crippen molar-refractivity contribution in [3.63, 3.8) is 0 Å². The predicted molar refractivity (Wildman–Crippen MR) is 131 cm³/mol. The van der Waals surface area contributed by atoms with E-state index in [1.807, 2.05) is 0 Å². The van der Waals surface area contributed by atoms with Gasteiger partial charge in [0.2, 0.25) is 5.60 Å². The molecule has 1 atom stereocenters. The van der Waals surface area contributed by atoms with Crippen molar-refractivity contribution in [3.05, 3.63) is 90.0 Å². The molecule has 0 amide bonds. The summed E-state index contributed by atoms with van der Waals surface area (Å²) in [6.07, 6.45) is -3.77. The minimum absolute atomic E-state index is 0.181. The Hall–Kier alpha value is -4.38. The summed E-state index contributed by atoms with van der Waals surface area (Å²) >= 11 is 0. The minimum Gasteiger partial charge on any atom is -0.496 e. The van der Waals surface area contributed by atoms with Crippen LogP contribution in [-0.4, -0.2) is 45.8 Å². The molecule has 0 radical (unpaired) electrons. The predicted octanol–water partition coefficient (Wildman–Crippen LogP) is 5.36. The molecule has 38 heavy (non-hydrogen) atoms. The highest BCUT2D eigenvalue weighted by molar-refractivity contribution is 5.98. The Balaban J connectivity index is 1.65. The van der Waals surface area contributed by atoms with Gasteiger partial charge < -0.3 is 19.1 Å². The number of aliphatic hydroxyl groups is 1. The summed E-state index contributed by atoms with van der Waals surface area (Å²) < 4.78 is 69.7. The topological polar surface area (TPSA) is 78.5 Å². The van der Waals surface area contributed by atoms with Crippen LogP contribution in [-0.2, 0) is 16.9 Å². The molecule has 1 N–H and O–H groups in total. The van der Waals surface area contributed by atoms with Crippen LogP contribution >= 0.6 is 0 Å². The molecule has 0 saturated heterocycles. The summed E-state index contributed by atoms with van der Waals surface area (Å²) in [5.41, 5.74) is -2.81. The second-order valence-electron chi connectivity index (χ2n) is 8.66. The number of ether oxygens (including phenoxy) is 2. The van der Waals surface area contributed by atoms with Gasteiger partial charge in [-0.3, -0.25) is 0 Å². The van der Waals surface area contributed by atoms with Crippen molar-refractivity contribution in [3.8, 4) is 11.4 Å². The van der Waals surface area contributed by atoms with Crippen molar-refractivity contribution < 1.29 is 36.9 Å². The first-order valence-corrected chi connectivity index (χ1v) is 11.4. The van der Waals surface area contributed by atoms with Crippen molar-refractivity contribution in [2.45, 2.75) is 18.3 Å². The molecule has 5 rings (SSSR count). The standard InChI is InChI=1S/C27H21F4N3O4/c1-37-24-5-3-4-22-20(24)13-23(25(35)38-2)33(22)15-26(36,27(29,30)31)17-6-11-21-16(12-17)14-32-34(21)19-9-7-18(28)8-10-19/h3-14,36H,15H2,1-2H3. The maximum atomic E-state index is 14.6. The SMILES string of the molecule is COC(=O)c1cc2c(OC)cccc2n1CC(O)(c1ccc2c(cnn2-c2ccc(F)cc2)c1)C(F)(F)F. The molecule has 2 heterocycles. The van der Waals surface area contributed by atoms with E-state index in [2.05, 4.69) is 5.10 Å². The van der Waals surface area contributed by atoms with Gasteiger partial charge in [0, 0.05) is 10.8 Å². The Morgan fingerprint density at radius 3 is 2.39 bits per heavy atom. The number of esters is 1. The van der Waals surface area contributed by atoms with E-state index >= 15 is 0 Å². The molecular weight excluding hydrogens is 506 g/mol. The number of halogens is 4. The molecule has 5 aromatic rings. The maximum absolute atomic E-state index is 14.6. The summed E-state index contributed by atoms with van der Waals surface area (Å²) in [7, 11) is 2.52. The zero-order chi connectivity index (χ0) is 27.2. The van der Waals surface area contributed by atoms with Crippen LogP contribution < -0.4 is 4.74 Å². The second kappa shape index (κ2) is 9.18. The molecule has 0 spiro atoms. The number of carbonyl (C=O) groups is 1. The van der Waals surface area contributed by atoms with Crippen LogP contribution in [0.1, 0.15) is 16.1 Å². The van der Waals surface area contributed by atoms with E-state index in [4.69, 9.17) is 9.47 Å².